The molecule has 1 aromatic heterocycles. The van der Waals surface area contributed by atoms with Crippen molar-refractivity contribution in [2.45, 2.75) is 51.6 Å². The summed E-state index contributed by atoms with van der Waals surface area (Å²) in [5.41, 5.74) is 0.0331. The van der Waals surface area contributed by atoms with Crippen molar-refractivity contribution in [1.82, 2.24) is 10.6 Å². The molecule has 1 saturated carbocycles. The third-order valence-electron chi connectivity index (χ3n) is 2.62. The molecule has 0 spiro atoms. The number of hydrogen-bond donors (Lipinski definition) is 2. The predicted molar refractivity (Wildman–Crippen MR) is 89.2 cm³/mol. The van der Waals surface area contributed by atoms with Crippen LogP contribution < -0.4 is 10.6 Å². The summed E-state index contributed by atoms with van der Waals surface area (Å²) < 4.78 is 5.30. The molecule has 0 aliphatic heterocycles. The van der Waals surface area contributed by atoms with Crippen molar-refractivity contribution in [3.8, 4) is 0 Å². The van der Waals surface area contributed by atoms with Crippen LogP contribution in [0.15, 0.2) is 27.8 Å². The highest BCUT2D eigenvalue weighted by Crippen LogP contribution is 2.18. The number of nitrogens with zero attached hydrogens (tertiary/aromatic N) is 1. The zero-order valence-electron chi connectivity index (χ0n) is 11.9. The summed E-state index contributed by atoms with van der Waals surface area (Å²) >= 11 is 0. The molecule has 1 fully saturated rings. The van der Waals surface area contributed by atoms with Crippen molar-refractivity contribution < 1.29 is 4.42 Å². The first-order valence-corrected chi connectivity index (χ1v) is 6.64. The van der Waals surface area contributed by atoms with Crippen LogP contribution >= 0.6 is 24.0 Å². The zero-order valence-corrected chi connectivity index (χ0v) is 14.2. The largest absolute Gasteiger partial charge is 0.469 e. The Labute approximate surface area is 132 Å². The van der Waals surface area contributed by atoms with Gasteiger partial charge >= 0.3 is 0 Å². The van der Waals surface area contributed by atoms with Gasteiger partial charge in [0.1, 0.15) is 5.76 Å². The molecule has 0 aromatic carbocycles. The van der Waals surface area contributed by atoms with Crippen molar-refractivity contribution in [3.05, 3.63) is 24.2 Å². The van der Waals surface area contributed by atoms with Crippen LogP contribution in [0.4, 0.5) is 0 Å². The van der Waals surface area contributed by atoms with Crippen LogP contribution in [0.5, 0.6) is 0 Å². The number of guanidine groups is 1. The van der Waals surface area contributed by atoms with Crippen LogP contribution in [0, 0.1) is 0 Å². The monoisotopic (exact) mass is 377 g/mol. The zero-order chi connectivity index (χ0) is 13.0. The van der Waals surface area contributed by atoms with Gasteiger partial charge in [0.05, 0.1) is 6.26 Å². The van der Waals surface area contributed by atoms with Crippen LogP contribution in [0.1, 0.15) is 39.4 Å². The second-order valence-electron chi connectivity index (χ2n) is 5.85. The summed E-state index contributed by atoms with van der Waals surface area (Å²) in [6, 6.07) is 4.51. The van der Waals surface area contributed by atoms with Crippen molar-refractivity contribution >= 4 is 29.9 Å². The quantitative estimate of drug-likeness (QED) is 0.482. The molecule has 5 heteroatoms. The van der Waals surface area contributed by atoms with Gasteiger partial charge in [-0.05, 0) is 45.7 Å². The number of rotatable bonds is 4. The van der Waals surface area contributed by atoms with Gasteiger partial charge in [-0.3, -0.25) is 4.99 Å². The lowest BCUT2D eigenvalue weighted by Gasteiger charge is -2.24. The van der Waals surface area contributed by atoms with Gasteiger partial charge in [0, 0.05) is 24.5 Å². The first-order valence-electron chi connectivity index (χ1n) is 6.64. The van der Waals surface area contributed by atoms with Gasteiger partial charge in [0.15, 0.2) is 5.96 Å². The molecule has 0 saturated heterocycles. The molecule has 0 amide bonds. The van der Waals surface area contributed by atoms with Crippen molar-refractivity contribution in [2.24, 2.45) is 4.99 Å². The summed E-state index contributed by atoms with van der Waals surface area (Å²) in [4.78, 5) is 4.60. The van der Waals surface area contributed by atoms with Gasteiger partial charge in [-0.1, -0.05) is 0 Å². The standard InChI is InChI=1S/C14H23N3O.HI/c1-14(2,3)17-13(16-11-6-7-11)15-9-8-12-5-4-10-18-12;/h4-5,10-11H,6-9H2,1-3H3,(H2,15,16,17);1H. The lowest BCUT2D eigenvalue weighted by atomic mass is 10.1. The molecule has 4 nitrogen and oxygen atoms in total. The highest BCUT2D eigenvalue weighted by Gasteiger charge is 2.23. The minimum absolute atomic E-state index is 0. The lowest BCUT2D eigenvalue weighted by Crippen LogP contribution is -2.48. The van der Waals surface area contributed by atoms with E-state index in [-0.39, 0.29) is 29.5 Å². The van der Waals surface area contributed by atoms with Crippen molar-refractivity contribution in [2.75, 3.05) is 6.54 Å². The fourth-order valence-electron chi connectivity index (χ4n) is 1.63. The average Bonchev–Trinajstić information content (AvgIpc) is 2.91. The Morgan fingerprint density at radius 1 is 1.42 bits per heavy atom. The number of halogens is 1. The van der Waals surface area contributed by atoms with Crippen LogP contribution in [-0.2, 0) is 6.42 Å². The highest BCUT2D eigenvalue weighted by atomic mass is 127. The van der Waals surface area contributed by atoms with E-state index in [1.165, 1.54) is 12.8 Å². The smallest absolute Gasteiger partial charge is 0.191 e. The third-order valence-corrected chi connectivity index (χ3v) is 2.62. The van der Waals surface area contributed by atoms with E-state index in [9.17, 15) is 0 Å². The van der Waals surface area contributed by atoms with E-state index in [0.29, 0.717) is 6.04 Å². The lowest BCUT2D eigenvalue weighted by molar-refractivity contribution is 0.497. The van der Waals surface area contributed by atoms with Gasteiger partial charge < -0.3 is 15.1 Å². The fourth-order valence-corrected chi connectivity index (χ4v) is 1.63. The summed E-state index contributed by atoms with van der Waals surface area (Å²) in [7, 11) is 0. The van der Waals surface area contributed by atoms with Crippen LogP contribution in [0.25, 0.3) is 0 Å². The number of nitrogens with one attached hydrogen (secondary N) is 2. The van der Waals surface area contributed by atoms with Gasteiger partial charge in [-0.15, -0.1) is 24.0 Å². The van der Waals surface area contributed by atoms with Crippen molar-refractivity contribution in [1.29, 1.82) is 0 Å². The maximum Gasteiger partial charge on any atom is 0.191 e. The maximum atomic E-state index is 5.30. The van der Waals surface area contributed by atoms with Gasteiger partial charge in [0.25, 0.3) is 0 Å². The molecule has 2 rings (SSSR count). The van der Waals surface area contributed by atoms with Crippen LogP contribution in [0.3, 0.4) is 0 Å². The Kier molecular flexibility index (Phi) is 6.16. The highest BCUT2D eigenvalue weighted by molar-refractivity contribution is 14.0. The second kappa shape index (κ2) is 7.17. The molecule has 0 atom stereocenters. The molecular formula is C14H24IN3O. The molecule has 1 heterocycles. The maximum absolute atomic E-state index is 5.30. The minimum Gasteiger partial charge on any atom is -0.469 e. The molecule has 0 bridgehead atoms. The number of aliphatic imine (C=N–C) groups is 1. The van der Waals surface area contributed by atoms with E-state index < -0.39 is 0 Å². The second-order valence-corrected chi connectivity index (χ2v) is 5.85. The molecule has 19 heavy (non-hydrogen) atoms. The Hall–Kier alpha value is -0.720. The van der Waals surface area contributed by atoms with Gasteiger partial charge in [-0.25, -0.2) is 0 Å². The first kappa shape index (κ1) is 16.3. The van der Waals surface area contributed by atoms with Crippen LogP contribution in [-0.4, -0.2) is 24.1 Å². The number of hydrogen-bond acceptors (Lipinski definition) is 2. The Morgan fingerprint density at radius 3 is 2.68 bits per heavy atom. The molecule has 2 N–H and O–H groups in total. The van der Waals surface area contributed by atoms with E-state index in [1.54, 1.807) is 6.26 Å². The van der Waals surface area contributed by atoms with E-state index in [4.69, 9.17) is 4.42 Å². The third kappa shape index (κ3) is 6.84. The molecule has 1 aromatic rings. The molecule has 0 radical (unpaired) electrons. The summed E-state index contributed by atoms with van der Waals surface area (Å²) in [6.07, 6.45) is 5.05. The van der Waals surface area contributed by atoms with E-state index in [1.807, 2.05) is 12.1 Å². The first-order chi connectivity index (χ1) is 8.53. The fraction of sp³-hybridized carbons (Fsp3) is 0.643. The van der Waals surface area contributed by atoms with Crippen molar-refractivity contribution in [3.63, 3.8) is 0 Å². The topological polar surface area (TPSA) is 49.6 Å². The van der Waals surface area contributed by atoms with E-state index in [0.717, 1.165) is 24.7 Å². The Bertz CT molecular complexity index is 391. The Morgan fingerprint density at radius 2 is 2.16 bits per heavy atom. The molecule has 1 aliphatic rings. The molecule has 1 aliphatic carbocycles. The SMILES string of the molecule is CC(C)(C)NC(=NCCc1ccco1)NC1CC1.I. The van der Waals surface area contributed by atoms with E-state index in [2.05, 4.69) is 36.4 Å². The summed E-state index contributed by atoms with van der Waals surface area (Å²) in [6.45, 7) is 7.17. The predicted octanol–water partition coefficient (Wildman–Crippen LogP) is 2.94. The van der Waals surface area contributed by atoms with E-state index >= 15 is 0 Å². The van der Waals surface area contributed by atoms with Gasteiger partial charge in [0.2, 0.25) is 0 Å². The summed E-state index contributed by atoms with van der Waals surface area (Å²) in [5.74, 6) is 1.90. The molecule has 0 unspecified atom stereocenters. The number of furan rings is 1. The normalized spacial score (nSPS) is 15.8. The van der Waals surface area contributed by atoms with Gasteiger partial charge in [-0.2, -0.15) is 0 Å². The Balaban J connectivity index is 0.00000180. The minimum atomic E-state index is 0. The summed E-state index contributed by atoms with van der Waals surface area (Å²) in [5, 5.41) is 6.85. The average molecular weight is 377 g/mol. The molecular weight excluding hydrogens is 353 g/mol. The molecule has 108 valence electrons. The van der Waals surface area contributed by atoms with Crippen LogP contribution in [0.2, 0.25) is 0 Å².